The summed E-state index contributed by atoms with van der Waals surface area (Å²) in [5.74, 6) is 1.40. The van der Waals surface area contributed by atoms with Crippen LogP contribution in [0.4, 0.5) is 5.82 Å². The van der Waals surface area contributed by atoms with Crippen molar-refractivity contribution in [3.8, 4) is 5.75 Å². The maximum atomic E-state index is 11.9. The lowest BCUT2D eigenvalue weighted by molar-refractivity contribution is 0.187. The van der Waals surface area contributed by atoms with Crippen LogP contribution in [0.3, 0.4) is 0 Å². The molecule has 0 amide bonds. The molecule has 2 heterocycles. The Morgan fingerprint density at radius 3 is 2.88 bits per heavy atom. The molecule has 1 fully saturated rings. The third-order valence-electron chi connectivity index (χ3n) is 5.64. The number of anilines is 1. The Hall–Kier alpha value is -2.34. The average Bonchev–Trinajstić information content (AvgIpc) is 2.88. The zero-order valence-electron chi connectivity index (χ0n) is 13.8. The number of ether oxygens (including phenoxy) is 1. The average molecular weight is 326 g/mol. The third-order valence-corrected chi connectivity index (χ3v) is 5.64. The number of aromatic nitrogens is 2. The molecule has 4 rings (SSSR count). The zero-order valence-corrected chi connectivity index (χ0v) is 13.8. The first-order chi connectivity index (χ1) is 11.6. The van der Waals surface area contributed by atoms with Crippen LogP contribution in [0.5, 0.6) is 5.75 Å². The first kappa shape index (κ1) is 15.2. The van der Waals surface area contributed by atoms with Gasteiger partial charge in [-0.2, -0.15) is 0 Å². The number of rotatable bonds is 2. The molecule has 1 aromatic heterocycles. The Morgan fingerprint density at radius 2 is 2.17 bits per heavy atom. The topological polar surface area (TPSA) is 84.2 Å². The molecule has 0 unspecified atom stereocenters. The molecule has 24 heavy (non-hydrogen) atoms. The minimum Gasteiger partial charge on any atom is -0.497 e. The quantitative estimate of drug-likeness (QED) is 0.876. The van der Waals surface area contributed by atoms with E-state index in [1.807, 2.05) is 6.07 Å². The molecular weight excluding hydrogens is 304 g/mol. The predicted molar refractivity (Wildman–Crippen MR) is 92.4 cm³/mol. The first-order valence-corrected chi connectivity index (χ1v) is 8.34. The molecule has 1 aliphatic heterocycles. The van der Waals surface area contributed by atoms with Crippen molar-refractivity contribution < 1.29 is 4.74 Å². The lowest BCUT2D eigenvalue weighted by Gasteiger charge is -2.42. The largest absolute Gasteiger partial charge is 0.497 e. The van der Waals surface area contributed by atoms with E-state index in [9.17, 15) is 4.79 Å². The van der Waals surface area contributed by atoms with Gasteiger partial charge in [0.15, 0.2) is 5.82 Å². The third kappa shape index (κ3) is 2.29. The van der Waals surface area contributed by atoms with Crippen LogP contribution in [-0.4, -0.2) is 30.2 Å². The molecule has 1 spiro atoms. The normalized spacial score (nSPS) is 21.8. The van der Waals surface area contributed by atoms with Gasteiger partial charge >= 0.3 is 0 Å². The fraction of sp³-hybridized carbons (Fsp3) is 0.444. The Labute approximate surface area is 140 Å². The molecule has 1 atom stereocenters. The molecule has 0 radical (unpaired) electrons. The molecule has 1 aliphatic carbocycles. The van der Waals surface area contributed by atoms with Crippen LogP contribution in [0.1, 0.15) is 30.0 Å². The molecule has 126 valence electrons. The summed E-state index contributed by atoms with van der Waals surface area (Å²) in [5.41, 5.74) is 9.10. The van der Waals surface area contributed by atoms with Gasteiger partial charge in [0.05, 0.1) is 7.11 Å². The summed E-state index contributed by atoms with van der Waals surface area (Å²) >= 11 is 0. The monoisotopic (exact) mass is 326 g/mol. The van der Waals surface area contributed by atoms with Crippen LogP contribution in [0.15, 0.2) is 35.4 Å². The lowest BCUT2D eigenvalue weighted by Crippen LogP contribution is -2.46. The highest BCUT2D eigenvalue weighted by atomic mass is 16.5. The van der Waals surface area contributed by atoms with Crippen molar-refractivity contribution >= 4 is 5.82 Å². The SMILES string of the molecule is COc1ccc2c(c1)CC1(CCN(c3ncc[nH]c3=O)CC1)[C@@H]2N. The van der Waals surface area contributed by atoms with E-state index in [1.165, 1.54) is 11.1 Å². The second-order valence-electron chi connectivity index (χ2n) is 6.81. The number of nitrogens with zero attached hydrogens (tertiary/aromatic N) is 2. The fourth-order valence-corrected chi connectivity index (χ4v) is 4.21. The number of nitrogens with one attached hydrogen (secondary N) is 1. The fourth-order valence-electron chi connectivity index (χ4n) is 4.21. The van der Waals surface area contributed by atoms with E-state index in [0.717, 1.165) is 38.1 Å². The van der Waals surface area contributed by atoms with Gasteiger partial charge in [-0.15, -0.1) is 0 Å². The summed E-state index contributed by atoms with van der Waals surface area (Å²) in [6.07, 6.45) is 6.09. The summed E-state index contributed by atoms with van der Waals surface area (Å²) in [6, 6.07) is 6.24. The van der Waals surface area contributed by atoms with E-state index < -0.39 is 0 Å². The lowest BCUT2D eigenvalue weighted by atomic mass is 9.73. The maximum absolute atomic E-state index is 11.9. The smallest absolute Gasteiger partial charge is 0.290 e. The highest BCUT2D eigenvalue weighted by molar-refractivity contribution is 5.44. The van der Waals surface area contributed by atoms with Crippen molar-refractivity contribution in [2.75, 3.05) is 25.1 Å². The van der Waals surface area contributed by atoms with Gasteiger partial charge in [-0.1, -0.05) is 6.07 Å². The second kappa shape index (κ2) is 5.63. The van der Waals surface area contributed by atoms with E-state index in [-0.39, 0.29) is 17.0 Å². The summed E-state index contributed by atoms with van der Waals surface area (Å²) in [5, 5.41) is 0. The Kier molecular flexibility index (Phi) is 3.57. The molecule has 2 aromatic rings. The number of fused-ring (bicyclic) bond motifs is 1. The number of benzene rings is 1. The Morgan fingerprint density at radius 1 is 1.38 bits per heavy atom. The zero-order chi connectivity index (χ0) is 16.7. The van der Waals surface area contributed by atoms with E-state index in [2.05, 4.69) is 27.0 Å². The van der Waals surface area contributed by atoms with Crippen LogP contribution in [0.25, 0.3) is 0 Å². The van der Waals surface area contributed by atoms with Crippen LogP contribution < -0.4 is 20.9 Å². The molecule has 6 heteroatoms. The Bertz CT molecular complexity index is 809. The summed E-state index contributed by atoms with van der Waals surface area (Å²) in [4.78, 5) is 20.9. The minimum atomic E-state index is -0.128. The predicted octanol–water partition coefficient (Wildman–Crippen LogP) is 1.62. The number of hydrogen-bond acceptors (Lipinski definition) is 5. The number of H-pyrrole nitrogens is 1. The van der Waals surface area contributed by atoms with E-state index in [0.29, 0.717) is 5.82 Å². The standard InChI is InChI=1S/C18H22N4O2/c1-24-13-2-3-14-12(10-13)11-18(15(14)19)4-8-22(9-5-18)16-17(23)21-7-6-20-16/h2-3,6-7,10,15H,4-5,8-9,11,19H2,1H3,(H,21,23)/t15-/m1/s1. The van der Waals surface area contributed by atoms with Crippen molar-refractivity contribution in [2.45, 2.75) is 25.3 Å². The van der Waals surface area contributed by atoms with Crippen molar-refractivity contribution in [1.82, 2.24) is 9.97 Å². The van der Waals surface area contributed by atoms with Gasteiger partial charge in [0, 0.05) is 31.5 Å². The van der Waals surface area contributed by atoms with Gasteiger partial charge in [0.2, 0.25) is 0 Å². The minimum absolute atomic E-state index is 0.0440. The van der Waals surface area contributed by atoms with Crippen LogP contribution in [-0.2, 0) is 6.42 Å². The first-order valence-electron chi connectivity index (χ1n) is 8.34. The highest BCUT2D eigenvalue weighted by Gasteiger charge is 2.46. The second-order valence-corrected chi connectivity index (χ2v) is 6.81. The number of aromatic amines is 1. The van der Waals surface area contributed by atoms with Gasteiger partial charge in [-0.05, 0) is 47.9 Å². The van der Waals surface area contributed by atoms with Gasteiger partial charge in [0.25, 0.3) is 5.56 Å². The summed E-state index contributed by atoms with van der Waals surface area (Å²) in [7, 11) is 1.69. The summed E-state index contributed by atoms with van der Waals surface area (Å²) in [6.45, 7) is 1.61. The molecule has 3 N–H and O–H groups in total. The highest BCUT2D eigenvalue weighted by Crippen LogP contribution is 2.51. The van der Waals surface area contributed by atoms with Crippen molar-refractivity contribution in [2.24, 2.45) is 11.1 Å². The van der Waals surface area contributed by atoms with Crippen molar-refractivity contribution in [3.05, 3.63) is 52.1 Å². The molecule has 0 bridgehead atoms. The van der Waals surface area contributed by atoms with Crippen LogP contribution in [0, 0.1) is 5.41 Å². The molecule has 1 aromatic carbocycles. The van der Waals surface area contributed by atoms with Crippen molar-refractivity contribution in [3.63, 3.8) is 0 Å². The van der Waals surface area contributed by atoms with Gasteiger partial charge in [-0.3, -0.25) is 4.79 Å². The van der Waals surface area contributed by atoms with Crippen molar-refractivity contribution in [1.29, 1.82) is 0 Å². The van der Waals surface area contributed by atoms with Gasteiger partial charge in [0.1, 0.15) is 5.75 Å². The number of methoxy groups -OCH3 is 1. The molecule has 1 saturated heterocycles. The summed E-state index contributed by atoms with van der Waals surface area (Å²) < 4.78 is 5.34. The molecule has 6 nitrogen and oxygen atoms in total. The molecule has 2 aliphatic rings. The van der Waals surface area contributed by atoms with Gasteiger partial charge < -0.3 is 20.4 Å². The van der Waals surface area contributed by atoms with Gasteiger partial charge in [-0.25, -0.2) is 4.98 Å². The Balaban J connectivity index is 1.55. The number of nitrogens with two attached hydrogens (primary N) is 1. The number of piperidine rings is 1. The maximum Gasteiger partial charge on any atom is 0.290 e. The number of hydrogen-bond donors (Lipinski definition) is 2. The van der Waals surface area contributed by atoms with E-state index in [1.54, 1.807) is 19.5 Å². The van der Waals surface area contributed by atoms with E-state index in [4.69, 9.17) is 10.5 Å². The van der Waals surface area contributed by atoms with Crippen LogP contribution in [0.2, 0.25) is 0 Å². The van der Waals surface area contributed by atoms with Crippen LogP contribution >= 0.6 is 0 Å². The van der Waals surface area contributed by atoms with E-state index >= 15 is 0 Å². The molecular formula is C18H22N4O2. The molecule has 0 saturated carbocycles.